The van der Waals surface area contributed by atoms with Crippen LogP contribution in [0.2, 0.25) is 0 Å². The normalized spacial score (nSPS) is 17.9. The van der Waals surface area contributed by atoms with Crippen molar-refractivity contribution in [2.45, 2.75) is 353 Å². The maximum absolute atomic E-state index is 13.2. The fourth-order valence-electron chi connectivity index (χ4n) is 10.4. The average Bonchev–Trinajstić information content (AvgIpc) is 3.60. The minimum atomic E-state index is -1.91. The number of carbonyl (C=O) groups excluding carboxylic acids is 3. The standard InChI is InChI=1S/C71H124O12/c1-4-7-10-13-16-19-22-25-28-30-32-34-37-39-42-45-48-51-54-57-63(72)79-60-62(81-64(73)58-55-52-49-46-43-40-36-27-24-21-18-15-12-9-6-3)61-80-71-69(67(76)66(75)68(83-71)70(77)78)82-65(74)59-56-53-50-47-44-41-38-35-33-31-29-26-23-20-17-14-11-8-5-2/h8,11,17,20,26,29,33,35,41,44,62,66-69,71,75-76H,4-7,9-10,12-16,18-19,21-25,27-28,30-32,34,36-40,42-43,45-61H2,1-3H3,(H,77,78)/b11-8-,20-17-,29-26-,35-33-,44-41-. The van der Waals surface area contributed by atoms with Gasteiger partial charge in [-0.05, 0) is 64.2 Å². The Morgan fingerprint density at radius 3 is 1.16 bits per heavy atom. The summed E-state index contributed by atoms with van der Waals surface area (Å²) >= 11 is 0. The van der Waals surface area contributed by atoms with E-state index >= 15 is 0 Å². The van der Waals surface area contributed by atoms with Crippen LogP contribution in [0.5, 0.6) is 0 Å². The highest BCUT2D eigenvalue weighted by atomic mass is 16.7. The van der Waals surface area contributed by atoms with E-state index in [0.29, 0.717) is 19.3 Å². The Bertz CT molecular complexity index is 1670. The lowest BCUT2D eigenvalue weighted by Gasteiger charge is -2.40. The zero-order valence-electron chi connectivity index (χ0n) is 53.2. The molecule has 6 unspecified atom stereocenters. The summed E-state index contributed by atoms with van der Waals surface area (Å²) in [5.41, 5.74) is 0. The number of unbranched alkanes of at least 4 members (excludes halogenated alkanes) is 35. The first kappa shape index (κ1) is 77.4. The summed E-state index contributed by atoms with van der Waals surface area (Å²) in [5, 5.41) is 31.6. The molecule has 83 heavy (non-hydrogen) atoms. The molecule has 0 aromatic carbocycles. The molecule has 1 aliphatic heterocycles. The molecular weight excluding hydrogens is 1040 g/mol. The highest BCUT2D eigenvalue weighted by Gasteiger charge is 2.50. The van der Waals surface area contributed by atoms with Gasteiger partial charge in [-0.2, -0.15) is 0 Å². The lowest BCUT2D eigenvalue weighted by molar-refractivity contribution is -0.301. The fraction of sp³-hybridized carbons (Fsp3) is 0.803. The second-order valence-electron chi connectivity index (χ2n) is 23.4. The van der Waals surface area contributed by atoms with Crippen LogP contribution < -0.4 is 0 Å². The van der Waals surface area contributed by atoms with E-state index in [-0.39, 0.29) is 25.9 Å². The molecule has 0 saturated carbocycles. The Labute approximate surface area is 506 Å². The molecule has 1 fully saturated rings. The zero-order chi connectivity index (χ0) is 60.3. The Kier molecular flexibility index (Phi) is 54.8. The third kappa shape index (κ3) is 48.3. The average molecular weight is 1170 g/mol. The van der Waals surface area contributed by atoms with Gasteiger partial charge in [-0.25, -0.2) is 4.79 Å². The number of aliphatic hydroxyl groups is 2. The number of carboxylic acids is 1. The topological polar surface area (TPSA) is 175 Å². The van der Waals surface area contributed by atoms with Crippen LogP contribution in [0.25, 0.3) is 0 Å². The number of rotatable bonds is 59. The molecule has 0 aliphatic carbocycles. The van der Waals surface area contributed by atoms with E-state index in [1.807, 2.05) is 0 Å². The van der Waals surface area contributed by atoms with E-state index in [1.165, 1.54) is 167 Å². The van der Waals surface area contributed by atoms with E-state index in [9.17, 15) is 34.5 Å². The van der Waals surface area contributed by atoms with E-state index in [2.05, 4.69) is 81.5 Å². The van der Waals surface area contributed by atoms with Gasteiger partial charge in [0.05, 0.1) is 6.61 Å². The summed E-state index contributed by atoms with van der Waals surface area (Å²) in [6.07, 6.45) is 61.8. The Morgan fingerprint density at radius 2 is 0.759 bits per heavy atom. The van der Waals surface area contributed by atoms with Crippen LogP contribution in [-0.2, 0) is 42.9 Å². The number of hydrogen-bond donors (Lipinski definition) is 3. The number of carbonyl (C=O) groups is 4. The first-order valence-corrected chi connectivity index (χ1v) is 34.3. The second-order valence-corrected chi connectivity index (χ2v) is 23.4. The first-order chi connectivity index (χ1) is 40.6. The fourth-order valence-corrected chi connectivity index (χ4v) is 10.4. The molecule has 1 aliphatic rings. The second kappa shape index (κ2) is 58.8. The van der Waals surface area contributed by atoms with E-state index < -0.39 is 67.3 Å². The predicted molar refractivity (Wildman–Crippen MR) is 340 cm³/mol. The van der Waals surface area contributed by atoms with Crippen molar-refractivity contribution in [3.05, 3.63) is 60.8 Å². The molecule has 0 radical (unpaired) electrons. The van der Waals surface area contributed by atoms with Crippen molar-refractivity contribution in [3.8, 4) is 0 Å². The van der Waals surface area contributed by atoms with Gasteiger partial charge in [-0.1, -0.05) is 293 Å². The molecule has 0 amide bonds. The molecule has 12 heteroatoms. The number of ether oxygens (including phenoxy) is 5. The van der Waals surface area contributed by atoms with Crippen LogP contribution in [0.1, 0.15) is 316 Å². The number of esters is 3. The van der Waals surface area contributed by atoms with Crippen LogP contribution in [0.15, 0.2) is 60.8 Å². The van der Waals surface area contributed by atoms with Gasteiger partial charge in [-0.15, -0.1) is 0 Å². The van der Waals surface area contributed by atoms with Gasteiger partial charge in [0.25, 0.3) is 0 Å². The van der Waals surface area contributed by atoms with E-state index in [0.717, 1.165) is 89.9 Å². The number of carboxylic acid groups (broad SMARTS) is 1. The Hall–Kier alpha value is -3.58. The molecule has 0 aromatic rings. The number of allylic oxidation sites excluding steroid dienone is 10. The molecule has 0 bridgehead atoms. The molecule has 3 N–H and O–H groups in total. The summed E-state index contributed by atoms with van der Waals surface area (Å²) in [7, 11) is 0. The Morgan fingerprint density at radius 1 is 0.410 bits per heavy atom. The SMILES string of the molecule is CC/C=C\C/C=C\C/C=C\C/C=C\C/C=C\CCCCCC(=O)OC1C(OCC(COC(=O)CCCCCCCCCCCCCCCCCCCCC)OC(=O)CCCCCCCCCCCCCCCCC)OC(C(=O)O)C(O)C1O. The van der Waals surface area contributed by atoms with Crippen molar-refractivity contribution in [2.75, 3.05) is 13.2 Å². The highest BCUT2D eigenvalue weighted by Crippen LogP contribution is 2.27. The van der Waals surface area contributed by atoms with Crippen LogP contribution in [0, 0.1) is 0 Å². The third-order valence-electron chi connectivity index (χ3n) is 15.6. The lowest BCUT2D eigenvalue weighted by Crippen LogP contribution is -2.61. The lowest BCUT2D eigenvalue weighted by atomic mass is 9.98. The largest absolute Gasteiger partial charge is 0.479 e. The molecule has 0 aromatic heterocycles. The zero-order valence-corrected chi connectivity index (χ0v) is 53.2. The predicted octanol–water partition coefficient (Wildman–Crippen LogP) is 18.7. The summed E-state index contributed by atoms with van der Waals surface area (Å²) in [4.78, 5) is 51.4. The first-order valence-electron chi connectivity index (χ1n) is 34.3. The van der Waals surface area contributed by atoms with Crippen LogP contribution in [-0.4, -0.2) is 89.2 Å². The summed E-state index contributed by atoms with van der Waals surface area (Å²) in [6, 6.07) is 0. The van der Waals surface area contributed by atoms with Crippen molar-refractivity contribution in [2.24, 2.45) is 0 Å². The van der Waals surface area contributed by atoms with Gasteiger partial charge in [0.15, 0.2) is 24.6 Å². The van der Waals surface area contributed by atoms with Gasteiger partial charge in [0.1, 0.15) is 18.8 Å². The van der Waals surface area contributed by atoms with Gasteiger partial charge in [-0.3, -0.25) is 14.4 Å². The van der Waals surface area contributed by atoms with Crippen LogP contribution in [0.3, 0.4) is 0 Å². The molecule has 6 atom stereocenters. The van der Waals surface area contributed by atoms with Crippen molar-refractivity contribution in [3.63, 3.8) is 0 Å². The van der Waals surface area contributed by atoms with E-state index in [1.54, 1.807) is 0 Å². The molecule has 1 rings (SSSR count). The van der Waals surface area contributed by atoms with Gasteiger partial charge in [0, 0.05) is 19.3 Å². The highest BCUT2D eigenvalue weighted by molar-refractivity contribution is 5.74. The maximum atomic E-state index is 13.2. The summed E-state index contributed by atoms with van der Waals surface area (Å²) in [5.74, 6) is -3.13. The van der Waals surface area contributed by atoms with Gasteiger partial charge < -0.3 is 39.0 Å². The molecular formula is C71H124O12. The van der Waals surface area contributed by atoms with Crippen molar-refractivity contribution in [1.82, 2.24) is 0 Å². The van der Waals surface area contributed by atoms with Crippen LogP contribution in [0.4, 0.5) is 0 Å². The summed E-state index contributed by atoms with van der Waals surface area (Å²) in [6.45, 7) is 5.93. The minimum Gasteiger partial charge on any atom is -0.479 e. The van der Waals surface area contributed by atoms with E-state index in [4.69, 9.17) is 23.7 Å². The number of hydrogen-bond acceptors (Lipinski definition) is 11. The molecule has 1 saturated heterocycles. The van der Waals surface area contributed by atoms with Crippen molar-refractivity contribution < 1.29 is 58.2 Å². The maximum Gasteiger partial charge on any atom is 0.335 e. The van der Waals surface area contributed by atoms with Gasteiger partial charge in [0.2, 0.25) is 0 Å². The quantitative estimate of drug-likeness (QED) is 0.0228. The monoisotopic (exact) mass is 1170 g/mol. The Balaban J connectivity index is 2.64. The molecule has 480 valence electrons. The third-order valence-corrected chi connectivity index (χ3v) is 15.6. The minimum absolute atomic E-state index is 0.0229. The molecule has 12 nitrogen and oxygen atoms in total. The molecule has 0 spiro atoms. The molecule has 1 heterocycles. The smallest absolute Gasteiger partial charge is 0.335 e. The summed E-state index contributed by atoms with van der Waals surface area (Å²) < 4.78 is 28.6. The number of aliphatic carboxylic acids is 1. The van der Waals surface area contributed by atoms with Crippen molar-refractivity contribution >= 4 is 23.9 Å². The van der Waals surface area contributed by atoms with Gasteiger partial charge >= 0.3 is 23.9 Å². The van der Waals surface area contributed by atoms with Crippen LogP contribution >= 0.6 is 0 Å². The number of aliphatic hydroxyl groups excluding tert-OH is 2. The van der Waals surface area contributed by atoms with Crippen molar-refractivity contribution in [1.29, 1.82) is 0 Å².